The summed E-state index contributed by atoms with van der Waals surface area (Å²) < 4.78 is 6.64. The molecule has 30 heavy (non-hydrogen) atoms. The van der Waals surface area contributed by atoms with E-state index in [4.69, 9.17) is 4.74 Å². The number of esters is 1. The van der Waals surface area contributed by atoms with Crippen molar-refractivity contribution in [3.63, 3.8) is 0 Å². The van der Waals surface area contributed by atoms with Crippen molar-refractivity contribution in [2.75, 3.05) is 11.9 Å². The van der Waals surface area contributed by atoms with Crippen LogP contribution in [0.25, 0.3) is 10.9 Å². The summed E-state index contributed by atoms with van der Waals surface area (Å²) in [6.45, 7) is 2.75. The zero-order chi connectivity index (χ0) is 21.3. The lowest BCUT2D eigenvalue weighted by Gasteiger charge is -2.21. The molecule has 4 rings (SSSR count). The van der Waals surface area contributed by atoms with Crippen molar-refractivity contribution in [1.29, 1.82) is 0 Å². The van der Waals surface area contributed by atoms with Gasteiger partial charge in [0.05, 0.1) is 17.7 Å². The number of carbonyl (C=O) groups excluding carboxylic acids is 2. The molecule has 0 atom stereocenters. The second-order valence-electron chi connectivity index (χ2n) is 7.26. The highest BCUT2D eigenvalue weighted by atomic mass is 16.5. The number of anilines is 1. The van der Waals surface area contributed by atoms with Crippen molar-refractivity contribution in [1.82, 2.24) is 4.57 Å². The molecule has 154 valence electrons. The summed E-state index contributed by atoms with van der Waals surface area (Å²) in [5.74, 6) is -1.44. The van der Waals surface area contributed by atoms with Crippen LogP contribution in [0.1, 0.15) is 46.0 Å². The van der Waals surface area contributed by atoms with Gasteiger partial charge in [-0.15, -0.1) is 0 Å². The van der Waals surface area contributed by atoms with E-state index in [1.54, 1.807) is 22.8 Å². The van der Waals surface area contributed by atoms with E-state index >= 15 is 0 Å². The minimum atomic E-state index is -0.694. The predicted molar refractivity (Wildman–Crippen MR) is 113 cm³/mol. The summed E-state index contributed by atoms with van der Waals surface area (Å²) in [6, 6.07) is 11.6. The van der Waals surface area contributed by atoms with Crippen LogP contribution in [-0.2, 0) is 17.7 Å². The van der Waals surface area contributed by atoms with Crippen LogP contribution < -0.4 is 10.9 Å². The highest BCUT2D eigenvalue weighted by molar-refractivity contribution is 6.09. The first-order chi connectivity index (χ1) is 14.5. The number of aromatic hydroxyl groups is 1. The summed E-state index contributed by atoms with van der Waals surface area (Å²) in [5, 5.41) is 13.8. The molecule has 0 fully saturated rings. The number of amides is 1. The van der Waals surface area contributed by atoms with Crippen molar-refractivity contribution >= 4 is 28.5 Å². The number of aryl methyl sites for hydroxylation is 2. The predicted octanol–water partition coefficient (Wildman–Crippen LogP) is 3.47. The normalized spacial score (nSPS) is 12.6. The lowest BCUT2D eigenvalue weighted by atomic mass is 9.99. The lowest BCUT2D eigenvalue weighted by Crippen LogP contribution is -2.31. The molecular weight excluding hydrogens is 384 g/mol. The van der Waals surface area contributed by atoms with Crippen molar-refractivity contribution in [2.24, 2.45) is 0 Å². The minimum Gasteiger partial charge on any atom is -0.506 e. The fourth-order valence-corrected chi connectivity index (χ4v) is 3.78. The van der Waals surface area contributed by atoms with Crippen LogP contribution in [0.15, 0.2) is 47.3 Å². The van der Waals surface area contributed by atoms with Gasteiger partial charge in [0.1, 0.15) is 11.3 Å². The zero-order valence-corrected chi connectivity index (χ0v) is 16.6. The van der Waals surface area contributed by atoms with E-state index in [0.717, 1.165) is 24.8 Å². The van der Waals surface area contributed by atoms with Crippen molar-refractivity contribution in [3.05, 3.63) is 69.5 Å². The average molecular weight is 406 g/mol. The van der Waals surface area contributed by atoms with E-state index in [1.807, 2.05) is 19.1 Å². The number of aromatic nitrogens is 1. The fourth-order valence-electron chi connectivity index (χ4n) is 3.78. The summed E-state index contributed by atoms with van der Waals surface area (Å²) in [5.41, 5.74) is 1.66. The van der Waals surface area contributed by atoms with Crippen LogP contribution in [0.2, 0.25) is 0 Å². The third-order valence-electron chi connectivity index (χ3n) is 5.21. The number of benzene rings is 2. The van der Waals surface area contributed by atoms with E-state index in [9.17, 15) is 19.5 Å². The smallest absolute Gasteiger partial charge is 0.338 e. The molecule has 0 radical (unpaired) electrons. The molecule has 3 aromatic rings. The molecule has 0 spiro atoms. The number of nitrogens with zero attached hydrogens (tertiary/aromatic N) is 1. The van der Waals surface area contributed by atoms with E-state index in [1.165, 1.54) is 12.1 Å². The standard InChI is InChI=1S/C23H22N2O5/c1-2-13-30-23(29)15-8-10-16(11-9-15)24-21(27)18-20(26)17-7-3-5-14-6-4-12-25(19(14)17)22(18)28/h3,5,7-11,26H,2,4,6,12-13H2,1H3,(H,24,27). The number of hydrogen-bond acceptors (Lipinski definition) is 5. The maximum Gasteiger partial charge on any atom is 0.338 e. The van der Waals surface area contributed by atoms with Gasteiger partial charge in [0.15, 0.2) is 0 Å². The largest absolute Gasteiger partial charge is 0.506 e. The molecule has 2 heterocycles. The second-order valence-corrected chi connectivity index (χ2v) is 7.26. The Bertz CT molecular complexity index is 1190. The van der Waals surface area contributed by atoms with Crippen molar-refractivity contribution in [2.45, 2.75) is 32.7 Å². The van der Waals surface area contributed by atoms with Gasteiger partial charge in [-0.3, -0.25) is 9.59 Å². The van der Waals surface area contributed by atoms with Gasteiger partial charge in [0, 0.05) is 17.6 Å². The first kappa shape index (κ1) is 19.7. The maximum atomic E-state index is 13.0. The van der Waals surface area contributed by atoms with Crippen LogP contribution in [0, 0.1) is 0 Å². The Labute approximate surface area is 172 Å². The Morgan fingerprint density at radius 2 is 1.93 bits per heavy atom. The Morgan fingerprint density at radius 3 is 2.67 bits per heavy atom. The molecule has 0 aliphatic carbocycles. The van der Waals surface area contributed by atoms with Crippen LogP contribution in [0.5, 0.6) is 5.75 Å². The summed E-state index contributed by atoms with van der Waals surface area (Å²) in [7, 11) is 0. The van der Waals surface area contributed by atoms with Gasteiger partial charge in [0.25, 0.3) is 11.5 Å². The second kappa shape index (κ2) is 8.02. The Kier molecular flexibility index (Phi) is 5.27. The molecule has 1 aromatic heterocycles. The quantitative estimate of drug-likeness (QED) is 0.633. The number of ether oxygens (including phenoxy) is 1. The van der Waals surface area contributed by atoms with Gasteiger partial charge in [-0.25, -0.2) is 4.79 Å². The number of carbonyl (C=O) groups is 2. The highest BCUT2D eigenvalue weighted by Crippen LogP contribution is 2.31. The van der Waals surface area contributed by atoms with Crippen molar-refractivity contribution in [3.8, 4) is 5.75 Å². The number of para-hydroxylation sites is 1. The Balaban J connectivity index is 1.65. The van der Waals surface area contributed by atoms with E-state index in [0.29, 0.717) is 35.3 Å². The highest BCUT2D eigenvalue weighted by Gasteiger charge is 2.25. The molecule has 1 amide bonds. The van der Waals surface area contributed by atoms with Gasteiger partial charge in [-0.1, -0.05) is 19.1 Å². The van der Waals surface area contributed by atoms with Crippen LogP contribution >= 0.6 is 0 Å². The molecule has 7 heteroatoms. The monoisotopic (exact) mass is 406 g/mol. The topological polar surface area (TPSA) is 97.6 Å². The number of nitrogens with one attached hydrogen (secondary N) is 1. The van der Waals surface area contributed by atoms with E-state index < -0.39 is 17.4 Å². The molecule has 7 nitrogen and oxygen atoms in total. The average Bonchev–Trinajstić information content (AvgIpc) is 2.76. The number of pyridine rings is 1. The molecule has 0 saturated carbocycles. The summed E-state index contributed by atoms with van der Waals surface area (Å²) >= 11 is 0. The van der Waals surface area contributed by atoms with Crippen LogP contribution in [-0.4, -0.2) is 28.2 Å². The third kappa shape index (κ3) is 3.43. The molecule has 1 aliphatic rings. The van der Waals surface area contributed by atoms with Crippen molar-refractivity contribution < 1.29 is 19.4 Å². The first-order valence-corrected chi connectivity index (χ1v) is 9.97. The molecule has 1 aliphatic heterocycles. The van der Waals surface area contributed by atoms with Gasteiger partial charge in [0.2, 0.25) is 0 Å². The molecular formula is C23H22N2O5. The molecule has 0 unspecified atom stereocenters. The first-order valence-electron chi connectivity index (χ1n) is 9.97. The van der Waals surface area contributed by atoms with Gasteiger partial charge < -0.3 is 19.7 Å². The van der Waals surface area contributed by atoms with Gasteiger partial charge in [-0.05, 0) is 55.2 Å². The molecule has 2 aromatic carbocycles. The molecule has 0 bridgehead atoms. The summed E-state index contributed by atoms with van der Waals surface area (Å²) in [4.78, 5) is 37.7. The van der Waals surface area contributed by atoms with E-state index in [-0.39, 0.29) is 11.3 Å². The third-order valence-corrected chi connectivity index (χ3v) is 5.21. The molecule has 2 N–H and O–H groups in total. The van der Waals surface area contributed by atoms with Crippen LogP contribution in [0.3, 0.4) is 0 Å². The summed E-state index contributed by atoms with van der Waals surface area (Å²) in [6.07, 6.45) is 2.36. The van der Waals surface area contributed by atoms with E-state index in [2.05, 4.69) is 5.32 Å². The minimum absolute atomic E-state index is 0.284. The molecule has 0 saturated heterocycles. The number of hydrogen-bond donors (Lipinski definition) is 2. The Hall–Kier alpha value is -3.61. The Morgan fingerprint density at radius 1 is 1.17 bits per heavy atom. The van der Waals surface area contributed by atoms with Gasteiger partial charge in [-0.2, -0.15) is 0 Å². The number of rotatable bonds is 5. The lowest BCUT2D eigenvalue weighted by molar-refractivity contribution is 0.0505. The SMILES string of the molecule is CCCOC(=O)c1ccc(NC(=O)c2c(O)c3cccc4c3n(c2=O)CCC4)cc1. The maximum absolute atomic E-state index is 13.0. The zero-order valence-electron chi connectivity index (χ0n) is 16.6. The fraction of sp³-hybridized carbons (Fsp3) is 0.261. The van der Waals surface area contributed by atoms with Gasteiger partial charge >= 0.3 is 5.97 Å². The van der Waals surface area contributed by atoms with Crippen LogP contribution in [0.4, 0.5) is 5.69 Å².